The van der Waals surface area contributed by atoms with Crippen molar-refractivity contribution in [2.45, 2.75) is 65.0 Å². The second kappa shape index (κ2) is 25.2. The summed E-state index contributed by atoms with van der Waals surface area (Å²) in [5.41, 5.74) is 7.23. The molecular weight excluding hydrogens is 707 g/mol. The van der Waals surface area contributed by atoms with E-state index in [0.29, 0.717) is 50.2 Å². The summed E-state index contributed by atoms with van der Waals surface area (Å²) in [4.78, 5) is 17.1. The fourth-order valence-corrected chi connectivity index (χ4v) is 4.58. The molecule has 54 heavy (non-hydrogen) atoms. The Bertz CT molecular complexity index is 1610. The molecule has 2 atom stereocenters. The Morgan fingerprint density at radius 1 is 1.00 bits per heavy atom. The molecule has 3 heterocycles. The minimum atomic E-state index is -4.50. The van der Waals surface area contributed by atoms with E-state index in [0.717, 1.165) is 48.6 Å². The van der Waals surface area contributed by atoms with Gasteiger partial charge in [-0.25, -0.2) is 4.98 Å². The monoisotopic (exact) mass is 759 g/mol. The first-order valence-electron chi connectivity index (χ1n) is 17.6. The number of nitrogens with one attached hydrogen (secondary N) is 2. The van der Waals surface area contributed by atoms with Crippen LogP contribution in [-0.4, -0.2) is 86.4 Å². The van der Waals surface area contributed by atoms with Crippen molar-refractivity contribution in [3.8, 4) is 23.1 Å². The van der Waals surface area contributed by atoms with Gasteiger partial charge in [0, 0.05) is 13.2 Å². The number of carbonyl (C=O) groups excluding carboxylic acids is 1. The number of hydrogen-bond donors (Lipinski definition) is 3. The van der Waals surface area contributed by atoms with Gasteiger partial charge in [0.2, 0.25) is 5.88 Å². The van der Waals surface area contributed by atoms with Crippen molar-refractivity contribution in [2.24, 2.45) is 5.73 Å². The number of benzene rings is 2. The third-order valence-corrected chi connectivity index (χ3v) is 7.36. The SMILES string of the molecule is CC.CNCCCOc1ccc(Oc2ccc(CCN)cc2C)cc1.COC1CCC(Nc2cncc(C(F)(F)F)n2)OC1.COc1ccc(C=O)nn1. The fourth-order valence-electron chi connectivity index (χ4n) is 4.58. The number of carbonyl (C=O) groups is 1. The lowest BCUT2D eigenvalue weighted by Gasteiger charge is -2.28. The highest BCUT2D eigenvalue weighted by Gasteiger charge is 2.33. The van der Waals surface area contributed by atoms with Crippen LogP contribution in [0.15, 0.2) is 67.0 Å². The Balaban J connectivity index is 0.000000292. The number of hydrogen-bond acceptors (Lipinski definition) is 13. The molecule has 5 rings (SSSR count). The minimum absolute atomic E-state index is 0.0330. The second-order valence-corrected chi connectivity index (χ2v) is 11.3. The van der Waals surface area contributed by atoms with E-state index in [1.807, 2.05) is 51.2 Å². The number of aromatic nitrogens is 4. The van der Waals surface area contributed by atoms with E-state index < -0.39 is 11.9 Å². The van der Waals surface area contributed by atoms with Gasteiger partial charge in [-0.3, -0.25) is 9.78 Å². The predicted molar refractivity (Wildman–Crippen MR) is 200 cm³/mol. The molecule has 0 saturated carbocycles. The van der Waals surface area contributed by atoms with Crippen LogP contribution in [-0.2, 0) is 22.1 Å². The van der Waals surface area contributed by atoms with Crippen molar-refractivity contribution in [3.63, 3.8) is 0 Å². The van der Waals surface area contributed by atoms with Gasteiger partial charge >= 0.3 is 6.18 Å². The lowest BCUT2D eigenvalue weighted by Crippen LogP contribution is -2.35. The first-order chi connectivity index (χ1) is 26.1. The molecule has 1 saturated heterocycles. The number of nitrogens with two attached hydrogens (primary N) is 1. The maximum absolute atomic E-state index is 12.5. The second-order valence-electron chi connectivity index (χ2n) is 11.3. The molecule has 2 unspecified atom stereocenters. The van der Waals surface area contributed by atoms with Crippen LogP contribution in [0.2, 0.25) is 0 Å². The normalized spacial score (nSPS) is 14.8. The summed E-state index contributed by atoms with van der Waals surface area (Å²) in [7, 11) is 5.03. The Kier molecular flexibility index (Phi) is 21.1. The van der Waals surface area contributed by atoms with Gasteiger partial charge in [-0.1, -0.05) is 26.0 Å². The summed E-state index contributed by atoms with van der Waals surface area (Å²) < 4.78 is 64.3. The van der Waals surface area contributed by atoms with Gasteiger partial charge in [0.1, 0.15) is 35.0 Å². The lowest BCUT2D eigenvalue weighted by atomic mass is 10.1. The third kappa shape index (κ3) is 16.8. The molecule has 2 aromatic carbocycles. The van der Waals surface area contributed by atoms with Gasteiger partial charge in [0.15, 0.2) is 12.0 Å². The van der Waals surface area contributed by atoms with Crippen LogP contribution in [0.25, 0.3) is 0 Å². The lowest BCUT2D eigenvalue weighted by molar-refractivity contribution is -0.141. The Morgan fingerprint density at radius 3 is 2.30 bits per heavy atom. The van der Waals surface area contributed by atoms with Crippen LogP contribution >= 0.6 is 0 Å². The quantitative estimate of drug-likeness (QED) is 0.0925. The molecule has 296 valence electrons. The van der Waals surface area contributed by atoms with Gasteiger partial charge in [-0.15, -0.1) is 10.2 Å². The topological polar surface area (TPSA) is 165 Å². The number of methoxy groups -OCH3 is 2. The largest absolute Gasteiger partial charge is 0.494 e. The van der Waals surface area contributed by atoms with E-state index in [2.05, 4.69) is 49.9 Å². The third-order valence-electron chi connectivity index (χ3n) is 7.36. The van der Waals surface area contributed by atoms with Gasteiger partial charge in [0.25, 0.3) is 0 Å². The number of aldehydes is 1. The number of aryl methyl sites for hydroxylation is 1. The summed E-state index contributed by atoms with van der Waals surface area (Å²) in [6, 6.07) is 17.1. The maximum atomic E-state index is 12.5. The number of halogens is 3. The average Bonchev–Trinajstić information content (AvgIpc) is 3.20. The summed E-state index contributed by atoms with van der Waals surface area (Å²) in [6.45, 7) is 8.79. The zero-order chi connectivity index (χ0) is 39.8. The van der Waals surface area contributed by atoms with Crippen molar-refractivity contribution in [1.29, 1.82) is 0 Å². The highest BCUT2D eigenvalue weighted by Crippen LogP contribution is 2.29. The molecule has 0 aliphatic carbocycles. The van der Waals surface area contributed by atoms with E-state index in [4.69, 9.17) is 29.4 Å². The Labute approximate surface area is 315 Å². The summed E-state index contributed by atoms with van der Waals surface area (Å²) >= 11 is 0. The smallest absolute Gasteiger partial charge is 0.434 e. The molecule has 0 spiro atoms. The van der Waals surface area contributed by atoms with Crippen LogP contribution < -0.4 is 30.6 Å². The van der Waals surface area contributed by atoms with Crippen LogP contribution in [0.3, 0.4) is 0 Å². The van der Waals surface area contributed by atoms with Crippen LogP contribution in [0.1, 0.15) is 60.4 Å². The minimum Gasteiger partial charge on any atom is -0.494 e. The first kappa shape index (κ1) is 45.3. The predicted octanol–water partition coefficient (Wildman–Crippen LogP) is 6.66. The van der Waals surface area contributed by atoms with Crippen molar-refractivity contribution in [2.75, 3.05) is 52.9 Å². The zero-order valence-corrected chi connectivity index (χ0v) is 31.7. The standard InChI is InChI=1S/C19H26N2O2.C11H14F3N3O2.C6H6N2O2.C2H6/c1-15-14-16(10-11-20)4-9-19(15)23-18-7-5-17(6-8-18)22-13-3-12-21-2;1-18-7-2-3-10(19-6-7)17-9-5-15-4-8(16-9)11(12,13)14;1-10-6-3-2-5(4-9)7-8-6;1-2/h4-9,14,21H,3,10-13,20H2,1-2H3;4-5,7,10H,2-3,6H2,1H3,(H,16,17);2-4H,1H3;1-2H3. The molecule has 1 aliphatic rings. The van der Waals surface area contributed by atoms with Gasteiger partial charge < -0.3 is 40.1 Å². The molecular formula is C38H52F3N7O6. The van der Waals surface area contributed by atoms with Gasteiger partial charge in [-0.05, 0) is 100 Å². The molecule has 13 nitrogen and oxygen atoms in total. The summed E-state index contributed by atoms with van der Waals surface area (Å²) in [5.74, 6) is 3.00. The average molecular weight is 760 g/mol. The number of anilines is 1. The number of alkyl halides is 3. The summed E-state index contributed by atoms with van der Waals surface area (Å²) in [5, 5.41) is 13.0. The van der Waals surface area contributed by atoms with E-state index in [9.17, 15) is 18.0 Å². The molecule has 2 aromatic heterocycles. The molecule has 16 heteroatoms. The van der Waals surface area contributed by atoms with E-state index in [-0.39, 0.29) is 18.1 Å². The maximum Gasteiger partial charge on any atom is 0.434 e. The van der Waals surface area contributed by atoms with Crippen molar-refractivity contribution in [1.82, 2.24) is 25.5 Å². The molecule has 0 bridgehead atoms. The highest BCUT2D eigenvalue weighted by molar-refractivity contribution is 5.71. The van der Waals surface area contributed by atoms with Crippen LogP contribution in [0.5, 0.6) is 23.1 Å². The number of rotatable bonds is 14. The first-order valence-corrected chi connectivity index (χ1v) is 17.6. The Morgan fingerprint density at radius 2 is 1.74 bits per heavy atom. The molecule has 0 amide bonds. The number of ether oxygens (including phenoxy) is 5. The van der Waals surface area contributed by atoms with Crippen LogP contribution in [0, 0.1) is 6.92 Å². The van der Waals surface area contributed by atoms with Gasteiger partial charge in [-0.2, -0.15) is 13.2 Å². The van der Waals surface area contributed by atoms with E-state index >= 15 is 0 Å². The van der Waals surface area contributed by atoms with E-state index in [1.54, 1.807) is 19.2 Å². The molecule has 1 fully saturated rings. The van der Waals surface area contributed by atoms with E-state index in [1.165, 1.54) is 18.9 Å². The fraction of sp³-hybridized carbons (Fsp3) is 0.447. The molecule has 4 aromatic rings. The van der Waals surface area contributed by atoms with Crippen molar-refractivity contribution < 1.29 is 41.7 Å². The Hall–Kier alpha value is -4.90. The zero-order valence-electron chi connectivity index (χ0n) is 31.7. The molecule has 4 N–H and O–H groups in total. The molecule has 1 aliphatic heterocycles. The highest BCUT2D eigenvalue weighted by atomic mass is 19.4. The van der Waals surface area contributed by atoms with Crippen molar-refractivity contribution >= 4 is 12.1 Å². The van der Waals surface area contributed by atoms with Crippen LogP contribution in [0.4, 0.5) is 19.0 Å². The summed E-state index contributed by atoms with van der Waals surface area (Å²) in [6.07, 6.45) is 1.01. The number of nitrogens with zero attached hydrogens (tertiary/aromatic N) is 4. The molecule has 0 radical (unpaired) electrons. The van der Waals surface area contributed by atoms with Gasteiger partial charge in [0.05, 0.1) is 38.8 Å². The van der Waals surface area contributed by atoms with Crippen molar-refractivity contribution in [3.05, 3.63) is 89.5 Å².